The van der Waals surface area contributed by atoms with Crippen molar-refractivity contribution in [2.45, 2.75) is 69.2 Å². The first kappa shape index (κ1) is 19.4. The van der Waals surface area contributed by atoms with E-state index in [0.29, 0.717) is 35.8 Å². The zero-order chi connectivity index (χ0) is 21.0. The molecule has 0 radical (unpaired) electrons. The highest BCUT2D eigenvalue weighted by Crippen LogP contribution is 2.31. The normalized spacial score (nSPS) is 30.8. The Morgan fingerprint density at radius 1 is 1.00 bits per heavy atom. The first-order valence-corrected chi connectivity index (χ1v) is 10.7. The SMILES string of the molecule is CN(Cc1ccc2c(c1)C(=O)N(C1CCC(=O)NC1=O)C2=O)C1CC2CCC(C1)N2. The summed E-state index contributed by atoms with van der Waals surface area (Å²) in [6, 6.07) is 6.17. The van der Waals surface area contributed by atoms with Gasteiger partial charge in [-0.15, -0.1) is 0 Å². The number of imide groups is 2. The molecule has 3 unspecified atom stereocenters. The molecule has 0 aliphatic carbocycles. The molecular formula is C22H26N4O4. The molecule has 3 atom stereocenters. The number of carbonyl (C=O) groups excluding carboxylic acids is 4. The lowest BCUT2D eigenvalue weighted by Crippen LogP contribution is -2.54. The van der Waals surface area contributed by atoms with Crippen molar-refractivity contribution in [3.05, 3.63) is 34.9 Å². The van der Waals surface area contributed by atoms with E-state index >= 15 is 0 Å². The molecule has 8 heteroatoms. The van der Waals surface area contributed by atoms with E-state index in [1.165, 1.54) is 12.8 Å². The average Bonchev–Trinajstić information content (AvgIpc) is 3.18. The van der Waals surface area contributed by atoms with Gasteiger partial charge < -0.3 is 5.32 Å². The van der Waals surface area contributed by atoms with Gasteiger partial charge in [0.15, 0.2) is 0 Å². The van der Waals surface area contributed by atoms with Crippen LogP contribution in [0, 0.1) is 0 Å². The largest absolute Gasteiger partial charge is 0.311 e. The molecule has 8 nitrogen and oxygen atoms in total. The van der Waals surface area contributed by atoms with E-state index in [9.17, 15) is 19.2 Å². The van der Waals surface area contributed by atoms with E-state index in [1.807, 2.05) is 6.07 Å². The van der Waals surface area contributed by atoms with Crippen molar-refractivity contribution in [1.82, 2.24) is 20.4 Å². The van der Waals surface area contributed by atoms with Gasteiger partial charge in [-0.3, -0.25) is 34.3 Å². The van der Waals surface area contributed by atoms with Gasteiger partial charge in [0, 0.05) is 31.1 Å². The molecule has 1 aromatic rings. The van der Waals surface area contributed by atoms with Crippen LogP contribution in [0.4, 0.5) is 0 Å². The van der Waals surface area contributed by atoms with Gasteiger partial charge in [0.2, 0.25) is 11.8 Å². The third-order valence-electron chi connectivity index (χ3n) is 7.01. The summed E-state index contributed by atoms with van der Waals surface area (Å²) in [7, 11) is 2.12. The van der Waals surface area contributed by atoms with Crippen LogP contribution in [-0.2, 0) is 16.1 Å². The van der Waals surface area contributed by atoms with E-state index < -0.39 is 23.8 Å². The predicted octanol–water partition coefficient (Wildman–Crippen LogP) is 0.803. The fourth-order valence-corrected chi connectivity index (χ4v) is 5.42. The van der Waals surface area contributed by atoms with Crippen LogP contribution in [0.1, 0.15) is 64.8 Å². The zero-order valence-corrected chi connectivity index (χ0v) is 17.0. The third-order valence-corrected chi connectivity index (χ3v) is 7.01. The first-order valence-electron chi connectivity index (χ1n) is 10.7. The molecule has 4 aliphatic rings. The number of nitrogens with one attached hydrogen (secondary N) is 2. The minimum absolute atomic E-state index is 0.123. The number of carbonyl (C=O) groups is 4. The lowest BCUT2D eigenvalue weighted by atomic mass is 9.97. The molecule has 0 spiro atoms. The Labute approximate surface area is 175 Å². The molecule has 4 aliphatic heterocycles. The fourth-order valence-electron chi connectivity index (χ4n) is 5.42. The number of benzene rings is 1. The van der Waals surface area contributed by atoms with E-state index in [1.54, 1.807) is 12.1 Å². The van der Waals surface area contributed by atoms with Crippen LogP contribution < -0.4 is 10.6 Å². The Morgan fingerprint density at radius 3 is 2.40 bits per heavy atom. The maximum Gasteiger partial charge on any atom is 0.262 e. The van der Waals surface area contributed by atoms with Crippen LogP contribution in [0.3, 0.4) is 0 Å². The summed E-state index contributed by atoms with van der Waals surface area (Å²) in [6.07, 6.45) is 5.07. The predicted molar refractivity (Wildman–Crippen MR) is 108 cm³/mol. The van der Waals surface area contributed by atoms with Gasteiger partial charge in [-0.05, 0) is 56.8 Å². The van der Waals surface area contributed by atoms with E-state index in [4.69, 9.17) is 0 Å². The lowest BCUT2D eigenvalue weighted by Gasteiger charge is -2.35. The summed E-state index contributed by atoms with van der Waals surface area (Å²) in [6.45, 7) is 0.706. The Hall–Kier alpha value is -2.58. The highest BCUT2D eigenvalue weighted by molar-refractivity contribution is 6.23. The molecule has 1 aromatic carbocycles. The third kappa shape index (κ3) is 3.24. The Balaban J connectivity index is 1.32. The van der Waals surface area contributed by atoms with Crippen LogP contribution in [0.5, 0.6) is 0 Å². The smallest absolute Gasteiger partial charge is 0.262 e. The van der Waals surface area contributed by atoms with Gasteiger partial charge in [-0.25, -0.2) is 0 Å². The maximum atomic E-state index is 13.0. The summed E-state index contributed by atoms with van der Waals surface area (Å²) >= 11 is 0. The highest BCUT2D eigenvalue weighted by Gasteiger charge is 2.44. The van der Waals surface area contributed by atoms with Crippen molar-refractivity contribution in [3.8, 4) is 0 Å². The standard InChI is InChI=1S/C22H26N4O4/c1-25(15-9-13-3-4-14(10-15)23-13)11-12-2-5-16-17(8-12)22(30)26(21(16)29)18-6-7-19(27)24-20(18)28/h2,5,8,13-15,18,23H,3-4,6-7,9-11H2,1H3,(H,24,27,28). The van der Waals surface area contributed by atoms with Crippen molar-refractivity contribution in [2.75, 3.05) is 7.05 Å². The molecule has 158 valence electrons. The molecule has 2 N–H and O–H groups in total. The first-order chi connectivity index (χ1) is 14.4. The fraction of sp³-hybridized carbons (Fsp3) is 0.545. The summed E-state index contributed by atoms with van der Waals surface area (Å²) in [5.41, 5.74) is 1.66. The zero-order valence-electron chi connectivity index (χ0n) is 17.0. The van der Waals surface area contributed by atoms with Crippen LogP contribution in [0.2, 0.25) is 0 Å². The number of rotatable bonds is 4. The second-order valence-corrected chi connectivity index (χ2v) is 9.01. The number of amides is 4. The Bertz CT molecular complexity index is 933. The Morgan fingerprint density at radius 2 is 1.70 bits per heavy atom. The van der Waals surface area contributed by atoms with Gasteiger partial charge in [-0.1, -0.05) is 6.07 Å². The van der Waals surface area contributed by atoms with Crippen LogP contribution in [-0.4, -0.2) is 64.6 Å². The Kier molecular flexibility index (Phi) is 4.71. The molecule has 0 aromatic heterocycles. The van der Waals surface area contributed by atoms with Crippen molar-refractivity contribution in [3.63, 3.8) is 0 Å². The number of hydrogen-bond donors (Lipinski definition) is 2. The van der Waals surface area contributed by atoms with Crippen molar-refractivity contribution >= 4 is 23.6 Å². The van der Waals surface area contributed by atoms with Crippen LogP contribution >= 0.6 is 0 Å². The van der Waals surface area contributed by atoms with E-state index in [0.717, 1.165) is 23.3 Å². The van der Waals surface area contributed by atoms with Crippen molar-refractivity contribution in [2.24, 2.45) is 0 Å². The van der Waals surface area contributed by atoms with Gasteiger partial charge in [0.05, 0.1) is 11.1 Å². The number of piperidine rings is 2. The molecule has 4 amide bonds. The van der Waals surface area contributed by atoms with Crippen molar-refractivity contribution in [1.29, 1.82) is 0 Å². The summed E-state index contributed by atoms with van der Waals surface area (Å²) in [5.74, 6) is -1.86. The lowest BCUT2D eigenvalue weighted by molar-refractivity contribution is -0.136. The molecule has 2 bridgehead atoms. The van der Waals surface area contributed by atoms with E-state index in [-0.39, 0.29) is 18.7 Å². The van der Waals surface area contributed by atoms with Gasteiger partial charge in [0.1, 0.15) is 6.04 Å². The highest BCUT2D eigenvalue weighted by atomic mass is 16.2. The van der Waals surface area contributed by atoms with Gasteiger partial charge >= 0.3 is 0 Å². The second kappa shape index (κ2) is 7.28. The number of nitrogens with zero attached hydrogens (tertiary/aromatic N) is 2. The second-order valence-electron chi connectivity index (χ2n) is 9.01. The average molecular weight is 410 g/mol. The molecule has 3 saturated heterocycles. The maximum absolute atomic E-state index is 13.0. The molecule has 5 rings (SSSR count). The minimum atomic E-state index is -0.925. The summed E-state index contributed by atoms with van der Waals surface area (Å²) in [5, 5.41) is 5.88. The van der Waals surface area contributed by atoms with Crippen LogP contribution in [0.25, 0.3) is 0 Å². The molecule has 30 heavy (non-hydrogen) atoms. The molecule has 3 fully saturated rings. The van der Waals surface area contributed by atoms with Crippen molar-refractivity contribution < 1.29 is 19.2 Å². The summed E-state index contributed by atoms with van der Waals surface area (Å²) in [4.78, 5) is 52.8. The topological polar surface area (TPSA) is 98.8 Å². The number of fused-ring (bicyclic) bond motifs is 3. The summed E-state index contributed by atoms with van der Waals surface area (Å²) < 4.78 is 0. The van der Waals surface area contributed by atoms with E-state index in [2.05, 4.69) is 22.6 Å². The molecular weight excluding hydrogens is 384 g/mol. The van der Waals surface area contributed by atoms with Gasteiger partial charge in [-0.2, -0.15) is 0 Å². The quantitative estimate of drug-likeness (QED) is 0.713. The molecule has 0 saturated carbocycles. The van der Waals surface area contributed by atoms with Crippen LogP contribution in [0.15, 0.2) is 18.2 Å². The number of hydrogen-bond acceptors (Lipinski definition) is 6. The van der Waals surface area contributed by atoms with Gasteiger partial charge in [0.25, 0.3) is 11.8 Å². The molecule has 4 heterocycles. The minimum Gasteiger partial charge on any atom is -0.311 e. The monoisotopic (exact) mass is 410 g/mol.